The summed E-state index contributed by atoms with van der Waals surface area (Å²) in [7, 11) is 3.11. The Kier molecular flexibility index (Phi) is 12.3. The van der Waals surface area contributed by atoms with Crippen molar-refractivity contribution < 1.29 is 20.1 Å². The van der Waals surface area contributed by atoms with Gasteiger partial charge in [-0.25, -0.2) is 4.79 Å². The summed E-state index contributed by atoms with van der Waals surface area (Å²) in [5, 5.41) is 29.9. The SMILES string of the molecule is CCCCCCCCCCCCCCC(O)(O)C(C)(C(=O)O)N(C)C. The molecule has 0 heterocycles. The molecule has 0 aliphatic carbocycles. The minimum absolute atomic E-state index is 0.0748. The smallest absolute Gasteiger partial charge is 0.329 e. The first-order chi connectivity index (χ1) is 11.7. The Morgan fingerprint density at radius 2 is 1.16 bits per heavy atom. The summed E-state index contributed by atoms with van der Waals surface area (Å²) in [6.45, 7) is 3.59. The van der Waals surface area contributed by atoms with Crippen LogP contribution in [0.4, 0.5) is 0 Å². The van der Waals surface area contributed by atoms with Gasteiger partial charge in [0, 0.05) is 6.42 Å². The van der Waals surface area contributed by atoms with Gasteiger partial charge >= 0.3 is 5.97 Å². The Balaban J connectivity index is 3.81. The second-order valence-electron chi connectivity index (χ2n) is 7.73. The number of likely N-dealkylation sites (N-methyl/N-ethyl adjacent to an activating group) is 1. The normalized spacial score (nSPS) is 14.7. The van der Waals surface area contributed by atoms with E-state index in [0.717, 1.165) is 12.8 Å². The number of carboxylic acids is 1. The molecular formula is C20H41NO4. The lowest BCUT2D eigenvalue weighted by atomic mass is 9.85. The Morgan fingerprint density at radius 1 is 0.800 bits per heavy atom. The van der Waals surface area contributed by atoms with Gasteiger partial charge in [0.1, 0.15) is 0 Å². The highest BCUT2D eigenvalue weighted by Gasteiger charge is 2.53. The molecule has 0 spiro atoms. The van der Waals surface area contributed by atoms with Crippen molar-refractivity contribution in [2.75, 3.05) is 14.1 Å². The molecule has 25 heavy (non-hydrogen) atoms. The number of carbonyl (C=O) groups is 1. The topological polar surface area (TPSA) is 81.0 Å². The van der Waals surface area contributed by atoms with E-state index in [9.17, 15) is 20.1 Å². The molecule has 5 nitrogen and oxygen atoms in total. The van der Waals surface area contributed by atoms with Crippen LogP contribution >= 0.6 is 0 Å². The fourth-order valence-electron chi connectivity index (χ4n) is 3.18. The molecule has 0 bridgehead atoms. The molecule has 1 atom stereocenters. The summed E-state index contributed by atoms with van der Waals surface area (Å²) in [5.41, 5.74) is -1.70. The van der Waals surface area contributed by atoms with E-state index in [-0.39, 0.29) is 6.42 Å². The first-order valence-corrected chi connectivity index (χ1v) is 10.1. The summed E-state index contributed by atoms with van der Waals surface area (Å²) in [6, 6.07) is 0. The van der Waals surface area contributed by atoms with Crippen molar-refractivity contribution >= 4 is 5.97 Å². The van der Waals surface area contributed by atoms with Gasteiger partial charge in [0.15, 0.2) is 11.3 Å². The molecule has 3 N–H and O–H groups in total. The van der Waals surface area contributed by atoms with Crippen molar-refractivity contribution in [3.63, 3.8) is 0 Å². The van der Waals surface area contributed by atoms with Gasteiger partial charge in [-0.1, -0.05) is 77.6 Å². The van der Waals surface area contributed by atoms with Gasteiger partial charge in [0.25, 0.3) is 0 Å². The van der Waals surface area contributed by atoms with E-state index in [0.29, 0.717) is 6.42 Å². The molecule has 0 amide bonds. The average Bonchev–Trinajstić information content (AvgIpc) is 2.54. The van der Waals surface area contributed by atoms with Gasteiger partial charge < -0.3 is 15.3 Å². The third-order valence-corrected chi connectivity index (χ3v) is 5.47. The third-order valence-electron chi connectivity index (χ3n) is 5.47. The number of aliphatic carboxylic acids is 1. The van der Waals surface area contributed by atoms with Crippen molar-refractivity contribution in [1.29, 1.82) is 0 Å². The zero-order valence-corrected chi connectivity index (χ0v) is 16.9. The van der Waals surface area contributed by atoms with E-state index >= 15 is 0 Å². The Morgan fingerprint density at radius 3 is 1.48 bits per heavy atom. The van der Waals surface area contributed by atoms with Crippen LogP contribution in [0.2, 0.25) is 0 Å². The maximum absolute atomic E-state index is 11.5. The summed E-state index contributed by atoms with van der Waals surface area (Å²) < 4.78 is 0. The van der Waals surface area contributed by atoms with Gasteiger partial charge in [-0.2, -0.15) is 0 Å². The van der Waals surface area contributed by atoms with Crippen LogP contribution in [-0.2, 0) is 4.79 Å². The van der Waals surface area contributed by atoms with Crippen LogP contribution in [0.3, 0.4) is 0 Å². The summed E-state index contributed by atoms with van der Waals surface area (Å²) in [6.07, 6.45) is 14.4. The van der Waals surface area contributed by atoms with Crippen LogP contribution in [0.15, 0.2) is 0 Å². The van der Waals surface area contributed by atoms with E-state index in [2.05, 4.69) is 6.92 Å². The van der Waals surface area contributed by atoms with Crippen LogP contribution < -0.4 is 0 Å². The van der Waals surface area contributed by atoms with Gasteiger partial charge in [0.05, 0.1) is 0 Å². The van der Waals surface area contributed by atoms with Crippen LogP contribution in [0.1, 0.15) is 97.3 Å². The quantitative estimate of drug-likeness (QED) is 0.285. The van der Waals surface area contributed by atoms with Crippen LogP contribution in [0.25, 0.3) is 0 Å². The monoisotopic (exact) mass is 359 g/mol. The van der Waals surface area contributed by atoms with Crippen molar-refractivity contribution in [3.8, 4) is 0 Å². The lowest BCUT2D eigenvalue weighted by Gasteiger charge is -2.42. The fourth-order valence-corrected chi connectivity index (χ4v) is 3.18. The number of hydrogen-bond donors (Lipinski definition) is 3. The standard InChI is InChI=1S/C20H41NO4/c1-5-6-7-8-9-10-11-12-13-14-15-16-17-20(24,25)19(2,18(22)23)21(3)4/h24-25H,5-17H2,1-4H3,(H,22,23). The van der Waals surface area contributed by atoms with Crippen molar-refractivity contribution in [2.24, 2.45) is 0 Å². The second-order valence-corrected chi connectivity index (χ2v) is 7.73. The molecule has 0 aromatic rings. The molecule has 0 saturated carbocycles. The minimum atomic E-state index is -2.24. The second kappa shape index (κ2) is 12.7. The predicted molar refractivity (Wildman–Crippen MR) is 103 cm³/mol. The van der Waals surface area contributed by atoms with Gasteiger partial charge in [-0.3, -0.25) is 4.90 Å². The Bertz CT molecular complexity index is 358. The molecule has 1 unspecified atom stereocenters. The Hall–Kier alpha value is -0.650. The van der Waals surface area contributed by atoms with Gasteiger partial charge in [-0.15, -0.1) is 0 Å². The summed E-state index contributed by atoms with van der Waals surface area (Å²) in [5.74, 6) is -3.46. The van der Waals surface area contributed by atoms with E-state index < -0.39 is 17.3 Å². The van der Waals surface area contributed by atoms with E-state index in [1.165, 1.54) is 69.6 Å². The molecule has 0 rings (SSSR count). The minimum Gasteiger partial charge on any atom is -0.480 e. The highest BCUT2D eigenvalue weighted by Crippen LogP contribution is 2.30. The summed E-state index contributed by atoms with van der Waals surface area (Å²) >= 11 is 0. The molecule has 0 aliphatic heterocycles. The molecule has 150 valence electrons. The van der Waals surface area contributed by atoms with Crippen molar-refractivity contribution in [3.05, 3.63) is 0 Å². The van der Waals surface area contributed by atoms with Crippen LogP contribution in [0.5, 0.6) is 0 Å². The van der Waals surface area contributed by atoms with E-state index in [1.807, 2.05) is 0 Å². The van der Waals surface area contributed by atoms with Crippen molar-refractivity contribution in [2.45, 2.75) is 109 Å². The number of hydrogen-bond acceptors (Lipinski definition) is 4. The van der Waals surface area contributed by atoms with Crippen LogP contribution in [-0.4, -0.2) is 51.6 Å². The number of nitrogens with zero attached hydrogens (tertiary/aromatic N) is 1. The molecule has 0 aliphatic rings. The molecule has 0 saturated heterocycles. The van der Waals surface area contributed by atoms with Crippen molar-refractivity contribution in [1.82, 2.24) is 4.90 Å². The molecular weight excluding hydrogens is 318 g/mol. The largest absolute Gasteiger partial charge is 0.480 e. The first kappa shape index (κ1) is 24.4. The number of carboxylic acid groups (broad SMARTS) is 1. The van der Waals surface area contributed by atoms with E-state index in [4.69, 9.17) is 0 Å². The highest BCUT2D eigenvalue weighted by molar-refractivity contribution is 5.79. The maximum Gasteiger partial charge on any atom is 0.329 e. The zero-order valence-electron chi connectivity index (χ0n) is 16.9. The van der Waals surface area contributed by atoms with Crippen LogP contribution in [0, 0.1) is 0 Å². The number of unbranched alkanes of at least 4 members (excludes halogenated alkanes) is 11. The zero-order chi connectivity index (χ0) is 19.3. The van der Waals surface area contributed by atoms with Gasteiger partial charge in [-0.05, 0) is 27.4 Å². The molecule has 5 heteroatoms. The molecule has 0 fully saturated rings. The third kappa shape index (κ3) is 8.52. The lowest BCUT2D eigenvalue weighted by molar-refractivity contribution is -0.245. The van der Waals surface area contributed by atoms with Gasteiger partial charge in [0.2, 0.25) is 0 Å². The molecule has 0 aromatic heterocycles. The van der Waals surface area contributed by atoms with E-state index in [1.54, 1.807) is 14.1 Å². The average molecular weight is 360 g/mol. The first-order valence-electron chi connectivity index (χ1n) is 10.1. The number of rotatable bonds is 16. The highest BCUT2D eigenvalue weighted by atomic mass is 16.5. The molecule has 0 radical (unpaired) electrons. The fraction of sp³-hybridized carbons (Fsp3) is 0.950. The molecule has 0 aromatic carbocycles. The summed E-state index contributed by atoms with van der Waals surface area (Å²) in [4.78, 5) is 12.8. The Labute approximate surface area is 154 Å². The predicted octanol–water partition coefficient (Wildman–Crippen LogP) is 4.16. The lowest BCUT2D eigenvalue weighted by Crippen LogP contribution is -2.65. The number of aliphatic hydroxyl groups is 2. The maximum atomic E-state index is 11.5.